The molecule has 4 heterocycles. The molecule has 31 heavy (non-hydrogen) atoms. The van der Waals surface area contributed by atoms with E-state index in [1.54, 1.807) is 12.3 Å². The third-order valence-electron chi connectivity index (χ3n) is 6.53. The van der Waals surface area contributed by atoms with E-state index in [1.807, 2.05) is 42.6 Å². The Morgan fingerprint density at radius 3 is 2.61 bits per heavy atom. The molecule has 7 nitrogen and oxygen atoms in total. The average Bonchev–Trinajstić information content (AvgIpc) is 2.82. The second-order valence-corrected chi connectivity index (χ2v) is 8.46. The molecule has 0 radical (unpaired) electrons. The molecule has 3 aromatic rings. The summed E-state index contributed by atoms with van der Waals surface area (Å²) in [6, 6.07) is 13.5. The minimum atomic E-state index is -0.428. The van der Waals surface area contributed by atoms with Crippen LogP contribution >= 0.6 is 0 Å². The summed E-state index contributed by atoms with van der Waals surface area (Å²) in [7, 11) is 0. The fourth-order valence-electron chi connectivity index (χ4n) is 4.85. The number of aromatic nitrogens is 1. The number of hydrogen-bond donors (Lipinski definition) is 1. The Kier molecular flexibility index (Phi) is 5.72. The Hall–Kier alpha value is -2.74. The van der Waals surface area contributed by atoms with Crippen molar-refractivity contribution in [3.8, 4) is 0 Å². The van der Waals surface area contributed by atoms with Gasteiger partial charge in [0.25, 0.3) is 0 Å². The standard InChI is InChI=1S/C24H28N4O3/c29-21-16-26(15-18-17-31-22-6-2-1-5-19(22)24(18)30)10-8-20(21)27-11-13-28(14-12-27)23-7-3-4-9-25-23/h1-7,9,17,20-21,29H,8,10-16H2/t20-,21-/m1/s1. The van der Waals surface area contributed by atoms with Gasteiger partial charge >= 0.3 is 0 Å². The van der Waals surface area contributed by atoms with Crippen molar-refractivity contribution in [3.05, 3.63) is 70.7 Å². The number of aliphatic hydroxyl groups is 1. The van der Waals surface area contributed by atoms with Crippen LogP contribution in [0.3, 0.4) is 0 Å². The van der Waals surface area contributed by atoms with Crippen LogP contribution in [0.5, 0.6) is 0 Å². The van der Waals surface area contributed by atoms with Crippen molar-refractivity contribution >= 4 is 16.8 Å². The molecule has 2 atom stereocenters. The van der Waals surface area contributed by atoms with Crippen LogP contribution in [0.2, 0.25) is 0 Å². The van der Waals surface area contributed by atoms with Gasteiger partial charge in [-0.05, 0) is 30.7 Å². The molecule has 162 valence electrons. The quantitative estimate of drug-likeness (QED) is 0.692. The maximum Gasteiger partial charge on any atom is 0.197 e. The van der Waals surface area contributed by atoms with Crippen LogP contribution in [0.4, 0.5) is 5.82 Å². The largest absolute Gasteiger partial charge is 0.464 e. The van der Waals surface area contributed by atoms with Crippen LogP contribution in [0.1, 0.15) is 12.0 Å². The molecule has 0 saturated carbocycles. The van der Waals surface area contributed by atoms with Crippen molar-refractivity contribution in [2.45, 2.75) is 25.1 Å². The van der Waals surface area contributed by atoms with E-state index in [1.165, 1.54) is 0 Å². The van der Waals surface area contributed by atoms with Crippen molar-refractivity contribution in [2.75, 3.05) is 44.2 Å². The summed E-state index contributed by atoms with van der Waals surface area (Å²) in [6.45, 7) is 5.61. The molecular formula is C24H28N4O3. The van der Waals surface area contributed by atoms with Gasteiger partial charge in [-0.2, -0.15) is 0 Å². The minimum Gasteiger partial charge on any atom is -0.464 e. The minimum absolute atomic E-state index is 0.0177. The van der Waals surface area contributed by atoms with Crippen molar-refractivity contribution in [2.24, 2.45) is 0 Å². The number of hydrogen-bond acceptors (Lipinski definition) is 7. The van der Waals surface area contributed by atoms with Crippen molar-refractivity contribution in [1.82, 2.24) is 14.8 Å². The predicted molar refractivity (Wildman–Crippen MR) is 120 cm³/mol. The summed E-state index contributed by atoms with van der Waals surface area (Å²) in [4.78, 5) is 24.1. The second-order valence-electron chi connectivity index (χ2n) is 8.46. The Balaban J connectivity index is 1.19. The molecule has 1 aromatic carbocycles. The number of likely N-dealkylation sites (tertiary alicyclic amines) is 1. The number of fused-ring (bicyclic) bond motifs is 1. The van der Waals surface area contributed by atoms with Gasteiger partial charge in [0, 0.05) is 63.6 Å². The summed E-state index contributed by atoms with van der Waals surface area (Å²) in [5.74, 6) is 1.02. The van der Waals surface area contributed by atoms with E-state index in [0.29, 0.717) is 29.6 Å². The normalized spacial score (nSPS) is 23.3. The summed E-state index contributed by atoms with van der Waals surface area (Å²) < 4.78 is 5.65. The molecule has 2 aromatic heterocycles. The van der Waals surface area contributed by atoms with E-state index in [0.717, 1.165) is 45.0 Å². The zero-order valence-corrected chi connectivity index (χ0v) is 17.6. The lowest BCUT2D eigenvalue weighted by atomic mass is 9.98. The van der Waals surface area contributed by atoms with Gasteiger partial charge in [0.05, 0.1) is 17.8 Å². The van der Waals surface area contributed by atoms with Gasteiger partial charge in [0.15, 0.2) is 5.43 Å². The van der Waals surface area contributed by atoms with Crippen LogP contribution in [0.25, 0.3) is 11.0 Å². The number of para-hydroxylation sites is 1. The molecule has 2 fully saturated rings. The number of anilines is 1. The highest BCUT2D eigenvalue weighted by atomic mass is 16.3. The van der Waals surface area contributed by atoms with E-state index in [9.17, 15) is 9.90 Å². The molecule has 2 saturated heterocycles. The number of aliphatic hydroxyl groups excluding tert-OH is 1. The monoisotopic (exact) mass is 420 g/mol. The zero-order valence-electron chi connectivity index (χ0n) is 17.6. The summed E-state index contributed by atoms with van der Waals surface area (Å²) in [5, 5.41) is 11.5. The van der Waals surface area contributed by atoms with Gasteiger partial charge in [-0.25, -0.2) is 4.98 Å². The predicted octanol–water partition coefficient (Wildman–Crippen LogP) is 1.95. The Bertz CT molecular complexity index is 1080. The van der Waals surface area contributed by atoms with E-state index in [-0.39, 0.29) is 11.5 Å². The lowest BCUT2D eigenvalue weighted by molar-refractivity contribution is -0.0173. The van der Waals surface area contributed by atoms with Crippen LogP contribution < -0.4 is 10.3 Å². The number of β-amino-alcohol motifs (C(OH)–C–C–N with tert-alkyl or cyclic N) is 1. The van der Waals surface area contributed by atoms with Gasteiger partial charge in [-0.15, -0.1) is 0 Å². The number of benzene rings is 1. The molecule has 2 aliphatic heterocycles. The Labute approximate surface area is 181 Å². The fraction of sp³-hybridized carbons (Fsp3) is 0.417. The zero-order chi connectivity index (χ0) is 21.2. The Morgan fingerprint density at radius 2 is 1.84 bits per heavy atom. The molecular weight excluding hydrogens is 392 g/mol. The summed E-state index contributed by atoms with van der Waals surface area (Å²) in [5.41, 5.74) is 1.28. The van der Waals surface area contributed by atoms with E-state index in [2.05, 4.69) is 19.7 Å². The third-order valence-corrected chi connectivity index (χ3v) is 6.53. The topological polar surface area (TPSA) is 73.1 Å². The molecule has 5 rings (SSSR count). The fourth-order valence-corrected chi connectivity index (χ4v) is 4.85. The van der Waals surface area contributed by atoms with Crippen LogP contribution in [-0.4, -0.2) is 71.3 Å². The Morgan fingerprint density at radius 1 is 1.03 bits per heavy atom. The smallest absolute Gasteiger partial charge is 0.197 e. The molecule has 0 spiro atoms. The molecule has 2 aliphatic rings. The molecule has 0 bridgehead atoms. The summed E-state index contributed by atoms with van der Waals surface area (Å²) >= 11 is 0. The molecule has 0 unspecified atom stereocenters. The highest BCUT2D eigenvalue weighted by Gasteiger charge is 2.34. The van der Waals surface area contributed by atoms with E-state index < -0.39 is 6.10 Å². The van der Waals surface area contributed by atoms with E-state index in [4.69, 9.17) is 4.42 Å². The molecule has 0 amide bonds. The maximum absolute atomic E-state index is 12.8. The molecule has 7 heteroatoms. The highest BCUT2D eigenvalue weighted by molar-refractivity contribution is 5.76. The first-order valence-electron chi connectivity index (χ1n) is 11.0. The van der Waals surface area contributed by atoms with Gasteiger partial charge in [-0.3, -0.25) is 14.6 Å². The van der Waals surface area contributed by atoms with Crippen molar-refractivity contribution in [3.63, 3.8) is 0 Å². The first-order valence-corrected chi connectivity index (χ1v) is 11.0. The number of piperidine rings is 1. The van der Waals surface area contributed by atoms with Crippen molar-refractivity contribution in [1.29, 1.82) is 0 Å². The average molecular weight is 421 g/mol. The van der Waals surface area contributed by atoms with E-state index >= 15 is 0 Å². The lowest BCUT2D eigenvalue weighted by Gasteiger charge is -2.45. The molecule has 1 N–H and O–H groups in total. The van der Waals surface area contributed by atoms with Crippen molar-refractivity contribution < 1.29 is 9.52 Å². The SMILES string of the molecule is O=c1c(CN2CC[C@@H](N3CCN(c4ccccn4)CC3)[C@H](O)C2)coc2ccccc12. The highest BCUT2D eigenvalue weighted by Crippen LogP contribution is 2.22. The van der Waals surface area contributed by atoms with Crippen LogP contribution in [-0.2, 0) is 6.54 Å². The summed E-state index contributed by atoms with van der Waals surface area (Å²) in [6.07, 6.45) is 3.86. The lowest BCUT2D eigenvalue weighted by Crippen LogP contribution is -2.58. The molecule has 0 aliphatic carbocycles. The van der Waals surface area contributed by atoms with Gasteiger partial charge < -0.3 is 14.4 Å². The third kappa shape index (κ3) is 4.21. The van der Waals surface area contributed by atoms with Gasteiger partial charge in [0.1, 0.15) is 11.4 Å². The number of rotatable bonds is 4. The first-order chi connectivity index (χ1) is 15.2. The van der Waals surface area contributed by atoms with Crippen LogP contribution in [0.15, 0.2) is 64.1 Å². The number of nitrogens with zero attached hydrogens (tertiary/aromatic N) is 4. The first kappa shape index (κ1) is 20.2. The number of piperazine rings is 1. The van der Waals surface area contributed by atoms with Gasteiger partial charge in [-0.1, -0.05) is 18.2 Å². The maximum atomic E-state index is 12.8. The second kappa shape index (κ2) is 8.78. The van der Waals surface area contributed by atoms with Gasteiger partial charge in [0.2, 0.25) is 0 Å². The number of pyridine rings is 1. The van der Waals surface area contributed by atoms with Crippen LogP contribution in [0, 0.1) is 0 Å².